The maximum atomic E-state index is 13.2. The first kappa shape index (κ1) is 28.6. The minimum atomic E-state index is -2.72. The molecule has 1 aromatic carbocycles. The Morgan fingerprint density at radius 2 is 1.88 bits per heavy atom. The molecular weight excluding hydrogens is 544 g/mol. The van der Waals surface area contributed by atoms with E-state index in [2.05, 4.69) is 20.7 Å². The Kier molecular flexibility index (Phi) is 7.10. The fraction of sp³-hybridized carbons (Fsp3) is 0.444. The van der Waals surface area contributed by atoms with Gasteiger partial charge in [0.25, 0.3) is 12.3 Å². The number of hydrogen-bond acceptors (Lipinski definition) is 7. The predicted octanol–water partition coefficient (Wildman–Crippen LogP) is 2.60. The number of imidazole rings is 1. The minimum absolute atomic E-state index is 0.116. The quantitative estimate of drug-likeness (QED) is 0.0879. The zero-order valence-corrected chi connectivity index (χ0v) is 22.4. The van der Waals surface area contributed by atoms with Crippen molar-refractivity contribution in [3.05, 3.63) is 53.9 Å². The number of benzene rings is 1. The van der Waals surface area contributed by atoms with Crippen LogP contribution in [0.4, 0.5) is 23.2 Å². The second-order valence-electron chi connectivity index (χ2n) is 11.3. The van der Waals surface area contributed by atoms with Crippen molar-refractivity contribution in [1.82, 2.24) is 14.5 Å². The molecule has 2 aromatic heterocycles. The maximum absolute atomic E-state index is 13.2. The summed E-state index contributed by atoms with van der Waals surface area (Å²) in [4.78, 5) is 15.2. The first-order chi connectivity index (χ1) is 19.3. The highest BCUT2D eigenvalue weighted by Crippen LogP contribution is 2.56. The molecule has 3 fully saturated rings. The van der Waals surface area contributed by atoms with Gasteiger partial charge >= 0.3 is 0 Å². The van der Waals surface area contributed by atoms with E-state index in [0.717, 1.165) is 33.3 Å². The van der Waals surface area contributed by atoms with Gasteiger partial charge in [-0.3, -0.25) is 9.20 Å². The average Bonchev–Trinajstić information content (AvgIpc) is 3.27. The standard InChI is InChI=1S/C26H29F4N7O.CH3NO/c1-15-2-3-16(22(31)34-37(32)18-7-26(29,30)8-18)6-19(15)20-9-33-21-5-4-17(10-36(20)21)35-13-24(14-35)11-25(38,12-24)23(27)28;2-1-3/h2-6,9-10,18,23,38H,7-8,11-14,32H2,1H3,(H2,31,34);1H,(H2,2,3). The van der Waals surface area contributed by atoms with Gasteiger partial charge in [0.05, 0.1) is 23.6 Å². The number of aromatic nitrogens is 2. The molecule has 1 amide bonds. The van der Waals surface area contributed by atoms with Gasteiger partial charge < -0.3 is 21.5 Å². The molecule has 3 aromatic rings. The number of primary amides is 1. The highest BCUT2D eigenvalue weighted by Gasteiger charge is 2.63. The Morgan fingerprint density at radius 1 is 1.22 bits per heavy atom. The number of hydrazine groups is 1. The number of nitrogens with two attached hydrogens (primary N) is 3. The van der Waals surface area contributed by atoms with E-state index in [1.165, 1.54) is 0 Å². The molecule has 220 valence electrons. The van der Waals surface area contributed by atoms with Gasteiger partial charge in [-0.2, -0.15) is 0 Å². The third-order valence-corrected chi connectivity index (χ3v) is 8.15. The Bertz CT molecular complexity index is 1470. The summed E-state index contributed by atoms with van der Waals surface area (Å²) >= 11 is 0. The molecule has 7 N–H and O–H groups in total. The van der Waals surface area contributed by atoms with E-state index in [4.69, 9.17) is 16.4 Å². The highest BCUT2D eigenvalue weighted by atomic mass is 19.3. The number of fused-ring (bicyclic) bond motifs is 1. The van der Waals surface area contributed by atoms with Crippen LogP contribution in [0.5, 0.6) is 0 Å². The van der Waals surface area contributed by atoms with E-state index in [9.17, 15) is 22.7 Å². The van der Waals surface area contributed by atoms with Crippen molar-refractivity contribution in [3.63, 3.8) is 0 Å². The van der Waals surface area contributed by atoms with Crippen LogP contribution in [0.25, 0.3) is 16.9 Å². The van der Waals surface area contributed by atoms with E-state index < -0.39 is 24.0 Å². The van der Waals surface area contributed by atoms with Crippen molar-refractivity contribution in [2.24, 2.45) is 27.8 Å². The third kappa shape index (κ3) is 5.28. The van der Waals surface area contributed by atoms with Gasteiger partial charge in [-0.05, 0) is 43.5 Å². The Labute approximate surface area is 233 Å². The van der Waals surface area contributed by atoms with Crippen LogP contribution in [0.2, 0.25) is 0 Å². The van der Waals surface area contributed by atoms with Gasteiger partial charge in [0, 0.05) is 48.7 Å². The molecule has 0 unspecified atom stereocenters. The largest absolute Gasteiger partial charge is 0.384 e. The molecule has 2 aliphatic carbocycles. The smallest absolute Gasteiger partial charge is 0.266 e. The summed E-state index contributed by atoms with van der Waals surface area (Å²) in [6.07, 6.45) is 0.779. The van der Waals surface area contributed by atoms with Crippen LogP contribution in [0.1, 0.15) is 36.8 Å². The van der Waals surface area contributed by atoms with Crippen LogP contribution < -0.4 is 22.2 Å². The molecule has 6 rings (SSSR count). The van der Waals surface area contributed by atoms with Crippen LogP contribution in [0.15, 0.2) is 47.8 Å². The van der Waals surface area contributed by atoms with Crippen molar-refractivity contribution >= 4 is 23.6 Å². The number of amidine groups is 1. The minimum Gasteiger partial charge on any atom is -0.384 e. The average molecular weight is 577 g/mol. The van der Waals surface area contributed by atoms with Gasteiger partial charge in [-0.15, -0.1) is 5.10 Å². The molecule has 1 spiro atoms. The number of alkyl halides is 4. The van der Waals surface area contributed by atoms with Gasteiger partial charge in [-0.1, -0.05) is 12.1 Å². The number of carbonyl (C=O) groups excluding carboxylic acids is 1. The number of pyridine rings is 1. The van der Waals surface area contributed by atoms with Gasteiger partial charge in [0.1, 0.15) is 11.2 Å². The molecule has 10 nitrogen and oxygen atoms in total. The number of hydrazone groups is 1. The van der Waals surface area contributed by atoms with Crippen LogP contribution in [0, 0.1) is 12.3 Å². The molecule has 41 heavy (non-hydrogen) atoms. The fourth-order valence-corrected chi connectivity index (χ4v) is 6.06. The normalized spacial score (nSPS) is 20.6. The first-order valence-corrected chi connectivity index (χ1v) is 13.0. The molecule has 14 heteroatoms. The summed E-state index contributed by atoms with van der Waals surface area (Å²) in [5.74, 6) is 3.27. The topological polar surface area (TPSA) is 152 Å². The molecule has 1 saturated heterocycles. The van der Waals surface area contributed by atoms with Crippen LogP contribution in [-0.4, -0.2) is 68.9 Å². The van der Waals surface area contributed by atoms with E-state index in [1.54, 1.807) is 12.3 Å². The second kappa shape index (κ2) is 10.2. The monoisotopic (exact) mass is 576 g/mol. The highest BCUT2D eigenvalue weighted by molar-refractivity contribution is 5.98. The zero-order valence-electron chi connectivity index (χ0n) is 22.4. The maximum Gasteiger partial charge on any atom is 0.266 e. The summed E-state index contributed by atoms with van der Waals surface area (Å²) < 4.78 is 54.5. The number of aliphatic hydroxyl groups is 1. The summed E-state index contributed by atoms with van der Waals surface area (Å²) in [5.41, 5.74) is 13.2. The summed E-state index contributed by atoms with van der Waals surface area (Å²) in [5, 5.41) is 15.1. The Balaban J connectivity index is 0.00000108. The number of aryl methyl sites for hydroxylation is 1. The molecule has 3 heterocycles. The third-order valence-electron chi connectivity index (χ3n) is 8.15. The Hall–Kier alpha value is -3.91. The van der Waals surface area contributed by atoms with Gasteiger partial charge in [0.15, 0.2) is 5.84 Å². The lowest BCUT2D eigenvalue weighted by molar-refractivity contribution is -0.209. The lowest BCUT2D eigenvalue weighted by Crippen LogP contribution is -2.70. The first-order valence-electron chi connectivity index (χ1n) is 13.0. The van der Waals surface area contributed by atoms with Gasteiger partial charge in [-0.25, -0.2) is 33.5 Å². The summed E-state index contributed by atoms with van der Waals surface area (Å²) in [6, 6.07) is 8.85. The number of nitrogens with zero attached hydrogens (tertiary/aromatic N) is 5. The summed E-state index contributed by atoms with van der Waals surface area (Å²) in [6.45, 7) is 3.19. The van der Waals surface area contributed by atoms with Crippen LogP contribution >= 0.6 is 0 Å². The van der Waals surface area contributed by atoms with Crippen molar-refractivity contribution in [1.29, 1.82) is 0 Å². The van der Waals surface area contributed by atoms with Crippen molar-refractivity contribution < 1.29 is 27.5 Å². The van der Waals surface area contributed by atoms with Crippen molar-refractivity contribution in [3.8, 4) is 11.3 Å². The summed E-state index contributed by atoms with van der Waals surface area (Å²) in [7, 11) is 0. The molecule has 0 bridgehead atoms. The van der Waals surface area contributed by atoms with Gasteiger partial charge in [0.2, 0.25) is 6.41 Å². The SMILES string of the molecule is Cc1ccc(/C(N)=N/N(N)C2CC(F)(F)C2)cc1-c1cnc2ccc(N3CC4(C3)CC(O)(C(F)F)C4)cn12.NC=O. The molecular formula is C27H32F4N8O2. The van der Waals surface area contributed by atoms with Crippen molar-refractivity contribution in [2.75, 3.05) is 18.0 Å². The lowest BCUT2D eigenvalue weighted by Gasteiger charge is -2.62. The molecule has 0 atom stereocenters. The molecule has 1 aliphatic heterocycles. The van der Waals surface area contributed by atoms with Crippen LogP contribution in [0.3, 0.4) is 0 Å². The van der Waals surface area contributed by atoms with E-state index in [0.29, 0.717) is 18.7 Å². The van der Waals surface area contributed by atoms with Crippen molar-refractivity contribution in [2.45, 2.75) is 56.6 Å². The number of halogens is 4. The number of anilines is 1. The zero-order chi connectivity index (χ0) is 29.7. The molecule has 2 saturated carbocycles. The van der Waals surface area contributed by atoms with Crippen LogP contribution in [-0.2, 0) is 4.79 Å². The van der Waals surface area contributed by atoms with E-state index >= 15 is 0 Å². The fourth-order valence-electron chi connectivity index (χ4n) is 6.06. The number of rotatable bonds is 6. The Morgan fingerprint density at radius 3 is 2.49 bits per heavy atom. The second-order valence-corrected chi connectivity index (χ2v) is 11.3. The lowest BCUT2D eigenvalue weighted by atomic mass is 9.55. The number of amides is 1. The molecule has 0 radical (unpaired) electrons. The number of hydrogen-bond donors (Lipinski definition) is 4. The van der Waals surface area contributed by atoms with E-state index in [1.807, 2.05) is 41.8 Å². The number of carbonyl (C=O) groups is 1. The van der Waals surface area contributed by atoms with E-state index in [-0.39, 0.29) is 43.3 Å². The predicted molar refractivity (Wildman–Crippen MR) is 145 cm³/mol. The molecule has 3 aliphatic rings.